The summed E-state index contributed by atoms with van der Waals surface area (Å²) in [5, 5.41) is 4.54. The van der Waals surface area contributed by atoms with Gasteiger partial charge in [0, 0.05) is 12.6 Å². The molecule has 0 aliphatic heterocycles. The number of allylic oxidation sites excluding steroid dienone is 4. The Kier molecular flexibility index (Phi) is 4.93. The summed E-state index contributed by atoms with van der Waals surface area (Å²) in [4.78, 5) is 11.0. The number of halogens is 1. The maximum atomic E-state index is 11.0. The highest BCUT2D eigenvalue weighted by Gasteiger charge is 2.08. The van der Waals surface area contributed by atoms with Gasteiger partial charge in [-0.1, -0.05) is 41.9 Å². The van der Waals surface area contributed by atoms with Gasteiger partial charge >= 0.3 is 0 Å². The molecular weight excluding hydrogens is 260 g/mol. The average Bonchev–Trinajstić information content (AvgIpc) is 2.42. The van der Waals surface area contributed by atoms with E-state index in [2.05, 4.69) is 22.7 Å². The van der Waals surface area contributed by atoms with Crippen molar-refractivity contribution in [2.75, 3.05) is 6.54 Å². The van der Waals surface area contributed by atoms with Crippen molar-refractivity contribution in [1.82, 2.24) is 5.43 Å². The Bertz CT molecular complexity index is 532. The molecule has 0 saturated heterocycles. The van der Waals surface area contributed by atoms with Crippen LogP contribution in [0.15, 0.2) is 58.7 Å². The second kappa shape index (κ2) is 6.90. The minimum Gasteiger partial charge on any atom is -0.309 e. The molecular formula is C15H15ClN2O. The van der Waals surface area contributed by atoms with E-state index < -0.39 is 0 Å². The molecule has 0 unspecified atom stereocenters. The quantitative estimate of drug-likeness (QED) is 0.510. The van der Waals surface area contributed by atoms with Gasteiger partial charge in [-0.15, -0.1) is 0 Å². The van der Waals surface area contributed by atoms with E-state index in [9.17, 15) is 4.79 Å². The standard InChI is InChI=1S/C15H15ClN2O/c16-14-11-13(19)8-9-15(14)18-17-10-4-7-12-5-2-1-3-6-12/h1-3,5-6,8-9,11,17H,4,7,10H2/b18-15-. The van der Waals surface area contributed by atoms with Gasteiger partial charge in [-0.2, -0.15) is 5.10 Å². The number of nitrogens with one attached hydrogen (secondary N) is 1. The molecule has 0 aromatic heterocycles. The number of hydrogen-bond donors (Lipinski definition) is 1. The smallest absolute Gasteiger partial charge is 0.180 e. The van der Waals surface area contributed by atoms with Crippen LogP contribution in [0.3, 0.4) is 0 Å². The average molecular weight is 275 g/mol. The maximum Gasteiger partial charge on any atom is 0.180 e. The van der Waals surface area contributed by atoms with Crippen molar-refractivity contribution in [2.24, 2.45) is 5.10 Å². The Hall–Kier alpha value is -1.87. The maximum absolute atomic E-state index is 11.0. The lowest BCUT2D eigenvalue weighted by Crippen LogP contribution is -2.13. The molecule has 2 rings (SSSR count). The van der Waals surface area contributed by atoms with Crippen LogP contribution >= 0.6 is 11.6 Å². The Morgan fingerprint density at radius 2 is 1.95 bits per heavy atom. The Morgan fingerprint density at radius 3 is 2.68 bits per heavy atom. The minimum atomic E-state index is -0.104. The zero-order valence-corrected chi connectivity index (χ0v) is 11.2. The van der Waals surface area contributed by atoms with Crippen molar-refractivity contribution in [3.05, 3.63) is 59.2 Å². The van der Waals surface area contributed by atoms with E-state index in [4.69, 9.17) is 11.6 Å². The second-order valence-corrected chi connectivity index (χ2v) is 4.63. The molecule has 1 aliphatic carbocycles. The topological polar surface area (TPSA) is 41.5 Å². The first-order valence-electron chi connectivity index (χ1n) is 6.20. The molecule has 1 aromatic carbocycles. The summed E-state index contributed by atoms with van der Waals surface area (Å²) >= 11 is 5.90. The molecule has 0 atom stereocenters. The largest absolute Gasteiger partial charge is 0.309 e. The van der Waals surface area contributed by atoms with E-state index in [1.807, 2.05) is 18.2 Å². The molecule has 19 heavy (non-hydrogen) atoms. The third kappa shape index (κ3) is 4.38. The lowest BCUT2D eigenvalue weighted by molar-refractivity contribution is -0.110. The molecule has 0 fully saturated rings. The zero-order chi connectivity index (χ0) is 13.5. The predicted octanol–water partition coefficient (Wildman–Crippen LogP) is 2.83. The van der Waals surface area contributed by atoms with Crippen molar-refractivity contribution in [2.45, 2.75) is 12.8 Å². The summed E-state index contributed by atoms with van der Waals surface area (Å²) in [6.07, 6.45) is 6.44. The van der Waals surface area contributed by atoms with Crippen molar-refractivity contribution < 1.29 is 4.79 Å². The molecule has 4 heteroatoms. The number of benzene rings is 1. The predicted molar refractivity (Wildman–Crippen MR) is 78.3 cm³/mol. The molecule has 0 heterocycles. The molecule has 0 saturated carbocycles. The van der Waals surface area contributed by atoms with Crippen LogP contribution in [-0.4, -0.2) is 18.0 Å². The molecule has 0 bridgehead atoms. The number of nitrogens with zero attached hydrogens (tertiary/aromatic N) is 1. The summed E-state index contributed by atoms with van der Waals surface area (Å²) in [6, 6.07) is 10.3. The molecule has 0 amide bonds. The number of carbonyl (C=O) groups excluding carboxylic acids is 1. The van der Waals surface area contributed by atoms with Gasteiger partial charge in [0.2, 0.25) is 0 Å². The van der Waals surface area contributed by atoms with Gasteiger partial charge in [0.1, 0.15) is 5.71 Å². The highest BCUT2D eigenvalue weighted by atomic mass is 35.5. The van der Waals surface area contributed by atoms with Crippen molar-refractivity contribution in [1.29, 1.82) is 0 Å². The fourth-order valence-electron chi connectivity index (χ4n) is 1.74. The van der Waals surface area contributed by atoms with Gasteiger partial charge in [-0.05, 0) is 30.6 Å². The fourth-order valence-corrected chi connectivity index (χ4v) is 1.95. The van der Waals surface area contributed by atoms with Crippen LogP contribution in [0.2, 0.25) is 0 Å². The number of rotatable bonds is 5. The van der Waals surface area contributed by atoms with Crippen LogP contribution in [-0.2, 0) is 11.2 Å². The van der Waals surface area contributed by atoms with Gasteiger partial charge in [0.25, 0.3) is 0 Å². The van der Waals surface area contributed by atoms with Gasteiger partial charge in [0.15, 0.2) is 5.78 Å². The highest BCUT2D eigenvalue weighted by molar-refractivity contribution is 6.48. The molecule has 1 aromatic rings. The molecule has 0 spiro atoms. The third-order valence-electron chi connectivity index (χ3n) is 2.72. The second-order valence-electron chi connectivity index (χ2n) is 4.22. The molecule has 1 N–H and O–H groups in total. The Balaban J connectivity index is 1.74. The first kappa shape index (κ1) is 13.6. The van der Waals surface area contributed by atoms with E-state index in [-0.39, 0.29) is 5.78 Å². The van der Waals surface area contributed by atoms with Crippen LogP contribution in [0.4, 0.5) is 0 Å². The Labute approximate surface area is 117 Å². The summed E-state index contributed by atoms with van der Waals surface area (Å²) in [7, 11) is 0. The monoisotopic (exact) mass is 274 g/mol. The summed E-state index contributed by atoms with van der Waals surface area (Å²) in [5.74, 6) is -0.104. The minimum absolute atomic E-state index is 0.104. The number of hydrogen-bond acceptors (Lipinski definition) is 3. The van der Waals surface area contributed by atoms with E-state index in [1.165, 1.54) is 17.7 Å². The molecule has 3 nitrogen and oxygen atoms in total. The van der Waals surface area contributed by atoms with Crippen molar-refractivity contribution >= 4 is 23.1 Å². The normalized spacial score (nSPS) is 16.6. The fraction of sp³-hybridized carbons (Fsp3) is 0.200. The van der Waals surface area contributed by atoms with Crippen LogP contribution in [0, 0.1) is 0 Å². The number of carbonyl (C=O) groups is 1. The summed E-state index contributed by atoms with van der Waals surface area (Å²) in [5.41, 5.74) is 4.89. The number of hydrazone groups is 1. The molecule has 98 valence electrons. The first-order chi connectivity index (χ1) is 9.25. The Morgan fingerprint density at radius 1 is 1.16 bits per heavy atom. The van der Waals surface area contributed by atoms with E-state index in [0.29, 0.717) is 10.7 Å². The summed E-state index contributed by atoms with van der Waals surface area (Å²) < 4.78 is 0. The van der Waals surface area contributed by atoms with Gasteiger partial charge in [0.05, 0.1) is 5.03 Å². The van der Waals surface area contributed by atoms with Crippen LogP contribution in [0.25, 0.3) is 0 Å². The van der Waals surface area contributed by atoms with E-state index >= 15 is 0 Å². The van der Waals surface area contributed by atoms with Gasteiger partial charge in [-0.3, -0.25) is 4.79 Å². The summed E-state index contributed by atoms with van der Waals surface area (Å²) in [6.45, 7) is 0.768. The van der Waals surface area contributed by atoms with E-state index in [0.717, 1.165) is 19.4 Å². The lowest BCUT2D eigenvalue weighted by Gasteiger charge is -2.05. The van der Waals surface area contributed by atoms with E-state index in [1.54, 1.807) is 6.08 Å². The van der Waals surface area contributed by atoms with Crippen LogP contribution < -0.4 is 5.43 Å². The van der Waals surface area contributed by atoms with Gasteiger partial charge < -0.3 is 5.43 Å². The van der Waals surface area contributed by atoms with Crippen molar-refractivity contribution in [3.8, 4) is 0 Å². The molecule has 1 aliphatic rings. The molecule has 0 radical (unpaired) electrons. The van der Waals surface area contributed by atoms with Crippen LogP contribution in [0.5, 0.6) is 0 Å². The van der Waals surface area contributed by atoms with Crippen LogP contribution in [0.1, 0.15) is 12.0 Å². The first-order valence-corrected chi connectivity index (χ1v) is 6.57. The van der Waals surface area contributed by atoms with Gasteiger partial charge in [-0.25, -0.2) is 0 Å². The zero-order valence-electron chi connectivity index (χ0n) is 10.5. The third-order valence-corrected chi connectivity index (χ3v) is 3.02. The highest BCUT2D eigenvalue weighted by Crippen LogP contribution is 2.10. The lowest BCUT2D eigenvalue weighted by atomic mass is 10.1. The number of aryl methyl sites for hydroxylation is 1. The number of ketones is 1. The SMILES string of the molecule is O=C1C=C/C(=N/NCCCc2ccccc2)C(Cl)=C1. The van der Waals surface area contributed by atoms with Crippen molar-refractivity contribution in [3.63, 3.8) is 0 Å².